The Hall–Kier alpha value is -3.71. The maximum atomic E-state index is 6.00. The Morgan fingerprint density at radius 2 is 1.84 bits per heavy atom. The molecule has 1 aromatic carbocycles. The van der Waals surface area contributed by atoms with Crippen molar-refractivity contribution in [3.05, 3.63) is 61.2 Å². The summed E-state index contributed by atoms with van der Waals surface area (Å²) in [6, 6.07) is 12.5. The van der Waals surface area contributed by atoms with E-state index in [4.69, 9.17) is 4.74 Å². The summed E-state index contributed by atoms with van der Waals surface area (Å²) < 4.78 is 6.00. The number of nitrogens with one attached hydrogen (secondary N) is 2. The van der Waals surface area contributed by atoms with Gasteiger partial charge in [0.25, 0.3) is 0 Å². The summed E-state index contributed by atoms with van der Waals surface area (Å²) in [5.74, 6) is 0.803. The predicted octanol–water partition coefficient (Wildman–Crippen LogP) is 4.64. The van der Waals surface area contributed by atoms with E-state index in [9.17, 15) is 0 Å². The first kappa shape index (κ1) is 19.0. The van der Waals surface area contributed by atoms with Crippen molar-refractivity contribution < 1.29 is 4.74 Å². The van der Waals surface area contributed by atoms with Gasteiger partial charge in [0.1, 0.15) is 18.1 Å². The quantitative estimate of drug-likeness (QED) is 0.415. The zero-order valence-electron chi connectivity index (χ0n) is 17.7. The topological polar surface area (TPSA) is 82.7 Å². The van der Waals surface area contributed by atoms with Gasteiger partial charge in [-0.15, -0.1) is 0 Å². The van der Waals surface area contributed by atoms with Crippen LogP contribution in [0.15, 0.2) is 61.2 Å². The highest BCUT2D eigenvalue weighted by atomic mass is 16.5. The monoisotopic (exact) mass is 424 g/mol. The summed E-state index contributed by atoms with van der Waals surface area (Å²) in [6.45, 7) is 4.02. The zero-order valence-corrected chi connectivity index (χ0v) is 17.7. The highest BCUT2D eigenvalue weighted by molar-refractivity contribution is 5.97. The minimum Gasteiger partial charge on any atom is -0.491 e. The SMILES string of the molecule is c1cc2cc(-c3n[nH]c4ccc(-c5cncc(OCCN6CCCC6)c5)cc34)[nH]c2cn1. The van der Waals surface area contributed by atoms with Gasteiger partial charge in [0, 0.05) is 35.3 Å². The van der Waals surface area contributed by atoms with E-state index in [0.29, 0.717) is 6.61 Å². The summed E-state index contributed by atoms with van der Waals surface area (Å²) in [7, 11) is 0. The molecule has 1 saturated heterocycles. The van der Waals surface area contributed by atoms with E-state index in [1.807, 2.05) is 18.5 Å². The third kappa shape index (κ3) is 3.61. The molecule has 1 aliphatic heterocycles. The maximum absolute atomic E-state index is 6.00. The normalized spacial score (nSPS) is 14.5. The number of H-pyrrole nitrogens is 2. The van der Waals surface area contributed by atoms with Gasteiger partial charge in [-0.1, -0.05) is 6.07 Å². The molecule has 5 heterocycles. The van der Waals surface area contributed by atoms with E-state index in [0.717, 1.165) is 56.6 Å². The number of aromatic nitrogens is 5. The number of pyridine rings is 2. The fourth-order valence-corrected chi connectivity index (χ4v) is 4.45. The van der Waals surface area contributed by atoms with Gasteiger partial charge >= 0.3 is 0 Å². The average molecular weight is 425 g/mol. The van der Waals surface area contributed by atoms with Crippen LogP contribution in [0.5, 0.6) is 5.75 Å². The van der Waals surface area contributed by atoms with Crippen LogP contribution in [0, 0.1) is 0 Å². The number of likely N-dealkylation sites (tertiary alicyclic amines) is 1. The third-order valence-electron chi connectivity index (χ3n) is 6.16. The first-order valence-electron chi connectivity index (χ1n) is 11.1. The van der Waals surface area contributed by atoms with Crippen LogP contribution in [0.3, 0.4) is 0 Å². The van der Waals surface area contributed by atoms with E-state index in [2.05, 4.69) is 60.4 Å². The van der Waals surface area contributed by atoms with Crippen LogP contribution in [0.25, 0.3) is 44.3 Å². The van der Waals surface area contributed by atoms with Gasteiger partial charge in [-0.3, -0.25) is 20.0 Å². The number of aromatic amines is 2. The predicted molar refractivity (Wildman–Crippen MR) is 126 cm³/mol. The summed E-state index contributed by atoms with van der Waals surface area (Å²) in [4.78, 5) is 14.5. The molecule has 1 aliphatic rings. The van der Waals surface area contributed by atoms with E-state index in [-0.39, 0.29) is 0 Å². The van der Waals surface area contributed by atoms with Crippen LogP contribution in [-0.4, -0.2) is 56.3 Å². The lowest BCUT2D eigenvalue weighted by molar-refractivity contribution is 0.237. The molecule has 0 amide bonds. The molecule has 4 aromatic heterocycles. The fourth-order valence-electron chi connectivity index (χ4n) is 4.45. The molecule has 7 heteroatoms. The summed E-state index contributed by atoms with van der Waals surface area (Å²) in [6.07, 6.45) is 9.89. The standard InChI is InChI=1S/C25H24N6O/c1-2-8-31(7-1)9-10-32-20-11-19(14-27-15-20)17-3-4-22-21(12-17)25(30-29-22)23-13-18-5-6-26-16-24(18)28-23/h3-6,11-16,28H,1-2,7-10H2,(H,29,30). The molecule has 7 nitrogen and oxygen atoms in total. The molecule has 0 saturated carbocycles. The van der Waals surface area contributed by atoms with E-state index < -0.39 is 0 Å². The third-order valence-corrected chi connectivity index (χ3v) is 6.16. The first-order valence-corrected chi connectivity index (χ1v) is 11.1. The average Bonchev–Trinajstić information content (AvgIpc) is 3.58. The second-order valence-electron chi connectivity index (χ2n) is 8.29. The molecule has 6 rings (SSSR count). The molecular weight excluding hydrogens is 400 g/mol. The number of hydrogen-bond donors (Lipinski definition) is 2. The second-order valence-corrected chi connectivity index (χ2v) is 8.29. The summed E-state index contributed by atoms with van der Waals surface area (Å²) in [5.41, 5.74) is 5.95. The Kier molecular flexibility index (Phi) is 4.81. The van der Waals surface area contributed by atoms with Gasteiger partial charge in [0.15, 0.2) is 0 Å². The summed E-state index contributed by atoms with van der Waals surface area (Å²) >= 11 is 0. The molecule has 160 valence electrons. The van der Waals surface area contributed by atoms with Crippen LogP contribution in [0.4, 0.5) is 0 Å². The lowest BCUT2D eigenvalue weighted by Crippen LogP contribution is -2.25. The van der Waals surface area contributed by atoms with Gasteiger partial charge in [-0.05, 0) is 61.8 Å². The first-order chi connectivity index (χ1) is 15.8. The molecule has 5 aromatic rings. The Bertz CT molecular complexity index is 1350. The van der Waals surface area contributed by atoms with Crippen molar-refractivity contribution in [3.63, 3.8) is 0 Å². The van der Waals surface area contributed by atoms with Gasteiger partial charge in [0.05, 0.1) is 29.1 Å². The summed E-state index contributed by atoms with van der Waals surface area (Å²) in [5, 5.41) is 9.89. The minimum atomic E-state index is 0.686. The number of ether oxygens (including phenoxy) is 1. The van der Waals surface area contributed by atoms with Crippen LogP contribution >= 0.6 is 0 Å². The molecule has 0 unspecified atom stereocenters. The molecule has 32 heavy (non-hydrogen) atoms. The Morgan fingerprint density at radius 3 is 2.75 bits per heavy atom. The lowest BCUT2D eigenvalue weighted by Gasteiger charge is -2.15. The number of benzene rings is 1. The van der Waals surface area contributed by atoms with Crippen molar-refractivity contribution in [3.8, 4) is 28.3 Å². The van der Waals surface area contributed by atoms with Crippen LogP contribution in [0.2, 0.25) is 0 Å². The highest BCUT2D eigenvalue weighted by Crippen LogP contribution is 2.32. The Balaban J connectivity index is 1.28. The van der Waals surface area contributed by atoms with Crippen molar-refractivity contribution >= 4 is 21.8 Å². The van der Waals surface area contributed by atoms with Crippen molar-refractivity contribution in [1.82, 2.24) is 30.0 Å². The van der Waals surface area contributed by atoms with Crippen LogP contribution < -0.4 is 4.74 Å². The van der Waals surface area contributed by atoms with E-state index in [1.54, 1.807) is 12.4 Å². The maximum Gasteiger partial charge on any atom is 0.138 e. The van der Waals surface area contributed by atoms with Gasteiger partial charge in [-0.25, -0.2) is 0 Å². The Labute approximate surface area is 185 Å². The number of rotatable bonds is 6. The molecule has 0 atom stereocenters. The lowest BCUT2D eigenvalue weighted by atomic mass is 10.0. The molecule has 0 aliphatic carbocycles. The van der Waals surface area contributed by atoms with E-state index >= 15 is 0 Å². The molecule has 0 spiro atoms. The van der Waals surface area contributed by atoms with Crippen molar-refractivity contribution in [2.45, 2.75) is 12.8 Å². The zero-order chi connectivity index (χ0) is 21.3. The van der Waals surface area contributed by atoms with Gasteiger partial charge in [-0.2, -0.15) is 5.10 Å². The van der Waals surface area contributed by atoms with Gasteiger partial charge < -0.3 is 9.72 Å². The Morgan fingerprint density at radius 1 is 0.906 bits per heavy atom. The molecule has 2 N–H and O–H groups in total. The number of fused-ring (bicyclic) bond motifs is 2. The minimum absolute atomic E-state index is 0.686. The molecule has 0 bridgehead atoms. The molecule has 1 fully saturated rings. The van der Waals surface area contributed by atoms with Crippen molar-refractivity contribution in [2.24, 2.45) is 0 Å². The number of hydrogen-bond acceptors (Lipinski definition) is 5. The van der Waals surface area contributed by atoms with Crippen molar-refractivity contribution in [1.29, 1.82) is 0 Å². The van der Waals surface area contributed by atoms with Gasteiger partial charge in [0.2, 0.25) is 0 Å². The van der Waals surface area contributed by atoms with Crippen LogP contribution in [-0.2, 0) is 0 Å². The smallest absolute Gasteiger partial charge is 0.138 e. The van der Waals surface area contributed by atoms with Crippen molar-refractivity contribution in [2.75, 3.05) is 26.2 Å². The van der Waals surface area contributed by atoms with Crippen LogP contribution in [0.1, 0.15) is 12.8 Å². The molecular formula is C25H24N6O. The number of nitrogens with zero attached hydrogens (tertiary/aromatic N) is 4. The van der Waals surface area contributed by atoms with E-state index in [1.165, 1.54) is 25.9 Å². The fraction of sp³-hybridized carbons (Fsp3) is 0.240. The largest absolute Gasteiger partial charge is 0.491 e. The highest BCUT2D eigenvalue weighted by Gasteiger charge is 2.13. The second kappa shape index (κ2) is 8.09. The molecule has 0 radical (unpaired) electrons.